The Kier molecular flexibility index (Phi) is 3.66. The van der Waals surface area contributed by atoms with Crippen LogP contribution in [0.3, 0.4) is 0 Å². The Labute approximate surface area is 109 Å². The monoisotopic (exact) mass is 269 g/mol. The van der Waals surface area contributed by atoms with Crippen molar-refractivity contribution >= 4 is 22.9 Å². The van der Waals surface area contributed by atoms with Gasteiger partial charge in [0.1, 0.15) is 10.8 Å². The molecule has 1 N–H and O–H groups in total. The van der Waals surface area contributed by atoms with Gasteiger partial charge < -0.3 is 9.84 Å². The van der Waals surface area contributed by atoms with Gasteiger partial charge in [0.2, 0.25) is 0 Å². The van der Waals surface area contributed by atoms with Gasteiger partial charge in [0.15, 0.2) is 0 Å². The summed E-state index contributed by atoms with van der Waals surface area (Å²) in [6.45, 7) is 1.72. The fourth-order valence-corrected chi connectivity index (χ4v) is 2.49. The molecule has 5 heteroatoms. The molecule has 0 saturated heterocycles. The average molecular weight is 270 g/mol. The first-order valence-electron chi connectivity index (χ1n) is 5.09. The maximum absolute atomic E-state index is 9.47. The van der Waals surface area contributed by atoms with E-state index in [0.717, 1.165) is 15.4 Å². The number of ether oxygens (including phenoxy) is 1. The lowest BCUT2D eigenvalue weighted by Crippen LogP contribution is -1.87. The van der Waals surface area contributed by atoms with Crippen LogP contribution >= 0.6 is 22.9 Å². The molecule has 1 aromatic heterocycles. The largest absolute Gasteiger partial charge is 0.496 e. The van der Waals surface area contributed by atoms with E-state index >= 15 is 0 Å². The van der Waals surface area contributed by atoms with E-state index in [1.807, 2.05) is 6.07 Å². The van der Waals surface area contributed by atoms with Gasteiger partial charge in [-0.1, -0.05) is 11.6 Å². The van der Waals surface area contributed by atoms with Gasteiger partial charge in [-0.3, -0.25) is 0 Å². The summed E-state index contributed by atoms with van der Waals surface area (Å²) < 4.78 is 5.27. The lowest BCUT2D eigenvalue weighted by molar-refractivity contribution is 0.203. The smallest absolute Gasteiger partial charge is 0.130 e. The molecule has 0 fully saturated rings. The first-order chi connectivity index (χ1) is 8.11. The van der Waals surface area contributed by atoms with Crippen molar-refractivity contribution in [2.45, 2.75) is 13.0 Å². The minimum atomic E-state index is -0.500. The maximum atomic E-state index is 9.47. The van der Waals surface area contributed by atoms with Crippen molar-refractivity contribution in [1.82, 2.24) is 4.98 Å². The van der Waals surface area contributed by atoms with E-state index in [0.29, 0.717) is 10.8 Å². The van der Waals surface area contributed by atoms with Crippen LogP contribution in [0, 0.1) is 0 Å². The van der Waals surface area contributed by atoms with Gasteiger partial charge in [0.05, 0.1) is 23.7 Å². The molecule has 0 aliphatic rings. The van der Waals surface area contributed by atoms with Crippen molar-refractivity contribution < 1.29 is 9.84 Å². The second-order valence-electron chi connectivity index (χ2n) is 3.59. The van der Waals surface area contributed by atoms with Crippen LogP contribution in [0.25, 0.3) is 10.6 Å². The predicted octanol–water partition coefficient (Wildman–Crippen LogP) is 3.53. The fourth-order valence-electron chi connectivity index (χ4n) is 1.45. The minimum Gasteiger partial charge on any atom is -0.496 e. The molecule has 2 aromatic rings. The van der Waals surface area contributed by atoms with Crippen molar-refractivity contribution in [2.75, 3.05) is 7.11 Å². The minimum absolute atomic E-state index is 0.500. The lowest BCUT2D eigenvalue weighted by atomic mass is 10.2. The Hall–Kier alpha value is -1.10. The van der Waals surface area contributed by atoms with E-state index in [-0.39, 0.29) is 0 Å². The van der Waals surface area contributed by atoms with Gasteiger partial charge in [0, 0.05) is 11.2 Å². The Morgan fingerprint density at radius 3 is 2.82 bits per heavy atom. The number of aliphatic hydroxyl groups excluding tert-OH is 1. The molecule has 1 heterocycles. The van der Waals surface area contributed by atoms with Gasteiger partial charge in [-0.2, -0.15) is 0 Å². The zero-order chi connectivity index (χ0) is 12.4. The van der Waals surface area contributed by atoms with Crippen LogP contribution < -0.4 is 4.74 Å². The van der Waals surface area contributed by atoms with Crippen LogP contribution in [0.4, 0.5) is 0 Å². The summed E-state index contributed by atoms with van der Waals surface area (Å²) in [5.74, 6) is 0.684. The predicted molar refractivity (Wildman–Crippen MR) is 69.7 cm³/mol. The first-order valence-corrected chi connectivity index (χ1v) is 6.29. The molecule has 17 heavy (non-hydrogen) atoms. The van der Waals surface area contributed by atoms with Crippen molar-refractivity contribution in [1.29, 1.82) is 0 Å². The summed E-state index contributed by atoms with van der Waals surface area (Å²) in [6, 6.07) is 5.41. The molecular formula is C12H12ClNO2S. The normalized spacial score (nSPS) is 12.5. The van der Waals surface area contributed by atoms with Gasteiger partial charge in [-0.25, -0.2) is 4.98 Å². The Balaban J connectivity index is 2.44. The van der Waals surface area contributed by atoms with E-state index in [4.69, 9.17) is 16.3 Å². The molecular weight excluding hydrogens is 258 g/mol. The Morgan fingerprint density at radius 1 is 1.47 bits per heavy atom. The number of benzene rings is 1. The van der Waals surface area contributed by atoms with E-state index in [1.54, 1.807) is 32.4 Å². The number of rotatable bonds is 3. The van der Waals surface area contributed by atoms with E-state index in [9.17, 15) is 5.11 Å². The van der Waals surface area contributed by atoms with Gasteiger partial charge in [0.25, 0.3) is 0 Å². The third kappa shape index (κ3) is 2.60. The molecule has 0 spiro atoms. The number of halogens is 1. The number of aromatic nitrogens is 1. The average Bonchev–Trinajstić information content (AvgIpc) is 2.78. The highest BCUT2D eigenvalue weighted by molar-refractivity contribution is 7.15. The number of methoxy groups -OCH3 is 1. The van der Waals surface area contributed by atoms with E-state index < -0.39 is 6.10 Å². The summed E-state index contributed by atoms with van der Waals surface area (Å²) in [4.78, 5) is 5.11. The third-order valence-corrected chi connectivity index (χ3v) is 3.77. The lowest BCUT2D eigenvalue weighted by Gasteiger charge is -2.06. The van der Waals surface area contributed by atoms with Crippen molar-refractivity contribution in [3.63, 3.8) is 0 Å². The highest BCUT2D eigenvalue weighted by atomic mass is 35.5. The highest BCUT2D eigenvalue weighted by Crippen LogP contribution is 2.35. The topological polar surface area (TPSA) is 42.4 Å². The molecule has 0 amide bonds. The standard InChI is InChI=1S/C12H12ClNO2S/c1-7(15)11-6-14-12(17-11)9-4-3-8(13)5-10(9)16-2/h3-7,15H,1-2H3. The fraction of sp³-hybridized carbons (Fsp3) is 0.250. The van der Waals surface area contributed by atoms with Gasteiger partial charge >= 0.3 is 0 Å². The number of aliphatic hydroxyl groups is 1. The van der Waals surface area contributed by atoms with Crippen LogP contribution in [0.2, 0.25) is 5.02 Å². The van der Waals surface area contributed by atoms with Crippen LogP contribution in [-0.4, -0.2) is 17.2 Å². The molecule has 0 saturated carbocycles. The summed E-state index contributed by atoms with van der Waals surface area (Å²) >= 11 is 7.35. The van der Waals surface area contributed by atoms with Gasteiger partial charge in [-0.05, 0) is 25.1 Å². The number of nitrogens with zero attached hydrogens (tertiary/aromatic N) is 1. The molecule has 0 aliphatic carbocycles. The summed E-state index contributed by atoms with van der Waals surface area (Å²) in [5.41, 5.74) is 0.883. The van der Waals surface area contributed by atoms with E-state index in [2.05, 4.69) is 4.98 Å². The summed E-state index contributed by atoms with van der Waals surface area (Å²) in [7, 11) is 1.60. The summed E-state index contributed by atoms with van der Waals surface area (Å²) in [5, 5.41) is 10.9. The van der Waals surface area contributed by atoms with Crippen LogP contribution in [0.5, 0.6) is 5.75 Å². The zero-order valence-electron chi connectivity index (χ0n) is 9.48. The molecule has 1 atom stereocenters. The molecule has 1 aromatic carbocycles. The second kappa shape index (κ2) is 5.04. The molecule has 90 valence electrons. The Morgan fingerprint density at radius 2 is 2.24 bits per heavy atom. The molecule has 3 nitrogen and oxygen atoms in total. The quantitative estimate of drug-likeness (QED) is 0.927. The van der Waals surface area contributed by atoms with Crippen molar-refractivity contribution in [3.05, 3.63) is 34.3 Å². The molecule has 0 aliphatic heterocycles. The van der Waals surface area contributed by atoms with Crippen molar-refractivity contribution in [3.8, 4) is 16.3 Å². The summed E-state index contributed by atoms with van der Waals surface area (Å²) in [6.07, 6.45) is 1.18. The first kappa shape index (κ1) is 12.4. The third-order valence-electron chi connectivity index (χ3n) is 2.33. The number of hydrogen-bond acceptors (Lipinski definition) is 4. The van der Waals surface area contributed by atoms with Crippen LogP contribution in [-0.2, 0) is 0 Å². The van der Waals surface area contributed by atoms with E-state index in [1.165, 1.54) is 11.3 Å². The molecule has 2 rings (SSSR count). The number of hydrogen-bond donors (Lipinski definition) is 1. The molecule has 0 bridgehead atoms. The highest BCUT2D eigenvalue weighted by Gasteiger charge is 2.12. The SMILES string of the molecule is COc1cc(Cl)ccc1-c1ncc(C(C)O)s1. The second-order valence-corrected chi connectivity index (χ2v) is 5.09. The van der Waals surface area contributed by atoms with Gasteiger partial charge in [-0.15, -0.1) is 11.3 Å². The van der Waals surface area contributed by atoms with Crippen molar-refractivity contribution in [2.24, 2.45) is 0 Å². The zero-order valence-corrected chi connectivity index (χ0v) is 11.0. The van der Waals surface area contributed by atoms with Crippen LogP contribution in [0.15, 0.2) is 24.4 Å². The van der Waals surface area contributed by atoms with Crippen LogP contribution in [0.1, 0.15) is 17.9 Å². The number of thiazole rings is 1. The maximum Gasteiger partial charge on any atom is 0.130 e. The molecule has 1 unspecified atom stereocenters. The molecule has 0 radical (unpaired) electrons. The Bertz CT molecular complexity index is 525.